The molecule has 0 radical (unpaired) electrons. The van der Waals surface area contributed by atoms with Crippen molar-refractivity contribution in [3.05, 3.63) is 53.6 Å². The number of hydrogen-bond acceptors (Lipinski definition) is 2. The van der Waals surface area contributed by atoms with E-state index in [1.54, 1.807) is 18.2 Å². The van der Waals surface area contributed by atoms with Gasteiger partial charge in [0.1, 0.15) is 11.4 Å². The quantitative estimate of drug-likeness (QED) is 0.745. The summed E-state index contributed by atoms with van der Waals surface area (Å²) in [5.74, 6) is -3.18. The van der Waals surface area contributed by atoms with Gasteiger partial charge in [-0.2, -0.15) is 13.2 Å². The van der Waals surface area contributed by atoms with Crippen LogP contribution < -0.4 is 4.90 Å². The van der Waals surface area contributed by atoms with Crippen molar-refractivity contribution in [3.63, 3.8) is 0 Å². The molecule has 128 valence electrons. The minimum atomic E-state index is -5.13. The van der Waals surface area contributed by atoms with Gasteiger partial charge in [-0.15, -0.1) is 0 Å². The average molecular weight is 343 g/mol. The van der Waals surface area contributed by atoms with Gasteiger partial charge in [0.2, 0.25) is 0 Å². The third-order valence-electron chi connectivity index (χ3n) is 3.90. The van der Waals surface area contributed by atoms with Crippen molar-refractivity contribution < 1.29 is 26.7 Å². The molecule has 2 aromatic rings. The summed E-state index contributed by atoms with van der Waals surface area (Å²) in [5, 5.41) is 0. The van der Waals surface area contributed by atoms with E-state index in [2.05, 4.69) is 0 Å². The summed E-state index contributed by atoms with van der Waals surface area (Å²) >= 11 is 0. The Labute approximate surface area is 135 Å². The van der Waals surface area contributed by atoms with Gasteiger partial charge in [0, 0.05) is 18.7 Å². The molecule has 3 rings (SSSR count). The molecule has 0 aromatic heterocycles. The summed E-state index contributed by atoms with van der Waals surface area (Å²) in [7, 11) is 0. The van der Waals surface area contributed by atoms with Gasteiger partial charge < -0.3 is 9.64 Å². The summed E-state index contributed by atoms with van der Waals surface area (Å²) in [6.45, 7) is 1.04. The standard InChI is InChI=1S/C17H14F5NO/c18-15-12(11-4-2-1-3-5-11)10-13(23-6-8-24-9-7-23)16(19)14(15)17(20,21)22/h1-5,10H,6-9H2. The number of morpholine rings is 1. The minimum absolute atomic E-state index is 0.244. The van der Waals surface area contributed by atoms with E-state index in [1.165, 1.54) is 17.0 Å². The highest BCUT2D eigenvalue weighted by atomic mass is 19.4. The number of anilines is 1. The molecule has 0 aliphatic carbocycles. The smallest absolute Gasteiger partial charge is 0.378 e. The molecule has 7 heteroatoms. The molecule has 1 aliphatic rings. The van der Waals surface area contributed by atoms with Crippen molar-refractivity contribution in [2.24, 2.45) is 0 Å². The lowest BCUT2D eigenvalue weighted by Crippen LogP contribution is -2.37. The monoisotopic (exact) mass is 343 g/mol. The Morgan fingerprint density at radius 1 is 0.917 bits per heavy atom. The maximum Gasteiger partial charge on any atom is 0.422 e. The van der Waals surface area contributed by atoms with E-state index in [0.29, 0.717) is 0 Å². The fraction of sp³-hybridized carbons (Fsp3) is 0.294. The Balaban J connectivity index is 2.22. The normalized spacial score (nSPS) is 15.6. The zero-order valence-electron chi connectivity index (χ0n) is 12.5. The Morgan fingerprint density at radius 3 is 2.12 bits per heavy atom. The number of alkyl halides is 3. The molecule has 0 spiro atoms. The van der Waals surface area contributed by atoms with Crippen LogP contribution in [0.15, 0.2) is 36.4 Å². The summed E-state index contributed by atoms with van der Waals surface area (Å²) in [5.41, 5.74) is -2.13. The largest absolute Gasteiger partial charge is 0.422 e. The first-order valence-corrected chi connectivity index (χ1v) is 7.37. The van der Waals surface area contributed by atoms with E-state index >= 15 is 0 Å². The zero-order valence-corrected chi connectivity index (χ0v) is 12.5. The fourth-order valence-corrected chi connectivity index (χ4v) is 2.73. The predicted octanol–water partition coefficient (Wildman–Crippen LogP) is 4.49. The van der Waals surface area contributed by atoms with Crippen LogP contribution in [-0.2, 0) is 10.9 Å². The van der Waals surface area contributed by atoms with E-state index in [4.69, 9.17) is 4.74 Å². The Kier molecular flexibility index (Phi) is 4.45. The van der Waals surface area contributed by atoms with Gasteiger partial charge in [-0.1, -0.05) is 30.3 Å². The molecule has 0 bridgehead atoms. The van der Waals surface area contributed by atoms with Crippen LogP contribution in [0.4, 0.5) is 27.6 Å². The molecule has 24 heavy (non-hydrogen) atoms. The first-order chi connectivity index (χ1) is 11.4. The Morgan fingerprint density at radius 2 is 1.54 bits per heavy atom. The number of benzene rings is 2. The lowest BCUT2D eigenvalue weighted by atomic mass is 9.99. The first-order valence-electron chi connectivity index (χ1n) is 7.37. The topological polar surface area (TPSA) is 12.5 Å². The molecule has 1 heterocycles. The molecule has 2 nitrogen and oxygen atoms in total. The lowest BCUT2D eigenvalue weighted by molar-refractivity contribution is -0.142. The summed E-state index contributed by atoms with van der Waals surface area (Å²) in [4.78, 5) is 1.44. The SMILES string of the molecule is Fc1c(-c2ccccc2)cc(N2CCOCC2)c(F)c1C(F)(F)F. The summed E-state index contributed by atoms with van der Waals surface area (Å²) in [6.07, 6.45) is -5.13. The molecule has 0 N–H and O–H groups in total. The highest BCUT2D eigenvalue weighted by molar-refractivity contribution is 5.71. The van der Waals surface area contributed by atoms with Crippen LogP contribution in [0.1, 0.15) is 5.56 Å². The van der Waals surface area contributed by atoms with Crippen LogP contribution in [0, 0.1) is 11.6 Å². The molecular weight excluding hydrogens is 329 g/mol. The van der Waals surface area contributed by atoms with Crippen LogP contribution >= 0.6 is 0 Å². The van der Waals surface area contributed by atoms with Gasteiger partial charge in [-0.25, -0.2) is 8.78 Å². The van der Waals surface area contributed by atoms with Gasteiger partial charge in [0.25, 0.3) is 0 Å². The number of rotatable bonds is 2. The molecule has 0 atom stereocenters. The molecule has 2 aromatic carbocycles. The molecular formula is C17H14F5NO. The van der Waals surface area contributed by atoms with E-state index in [0.717, 1.165) is 6.07 Å². The summed E-state index contributed by atoms with van der Waals surface area (Å²) in [6, 6.07) is 8.94. The van der Waals surface area contributed by atoms with Gasteiger partial charge in [0.05, 0.1) is 18.9 Å². The van der Waals surface area contributed by atoms with Gasteiger partial charge in [-0.05, 0) is 11.6 Å². The molecule has 0 saturated carbocycles. The van der Waals surface area contributed by atoms with Gasteiger partial charge in [-0.3, -0.25) is 0 Å². The maximum atomic E-state index is 14.5. The second-order valence-corrected chi connectivity index (χ2v) is 5.41. The van der Waals surface area contributed by atoms with Crippen LogP contribution in [-0.4, -0.2) is 26.3 Å². The first kappa shape index (κ1) is 16.7. The predicted molar refractivity (Wildman–Crippen MR) is 79.8 cm³/mol. The number of hydrogen-bond donors (Lipinski definition) is 0. The van der Waals surface area contributed by atoms with Crippen molar-refractivity contribution >= 4 is 5.69 Å². The minimum Gasteiger partial charge on any atom is -0.378 e. The third kappa shape index (κ3) is 3.08. The average Bonchev–Trinajstić information content (AvgIpc) is 2.55. The second-order valence-electron chi connectivity index (χ2n) is 5.41. The van der Waals surface area contributed by atoms with Crippen molar-refractivity contribution in [2.45, 2.75) is 6.18 Å². The number of nitrogens with zero attached hydrogens (tertiary/aromatic N) is 1. The lowest BCUT2D eigenvalue weighted by Gasteiger charge is -2.30. The van der Waals surface area contributed by atoms with E-state index in [1.807, 2.05) is 0 Å². The van der Waals surface area contributed by atoms with Crippen LogP contribution in [0.5, 0.6) is 0 Å². The molecule has 1 fully saturated rings. The van der Waals surface area contributed by atoms with E-state index in [9.17, 15) is 22.0 Å². The second kappa shape index (κ2) is 6.39. The van der Waals surface area contributed by atoms with Crippen LogP contribution in [0.25, 0.3) is 11.1 Å². The number of ether oxygens (including phenoxy) is 1. The number of halogens is 5. The highest BCUT2D eigenvalue weighted by Crippen LogP contribution is 2.41. The molecule has 1 aliphatic heterocycles. The third-order valence-corrected chi connectivity index (χ3v) is 3.90. The Hall–Kier alpha value is -2.15. The summed E-state index contributed by atoms with van der Waals surface area (Å²) < 4.78 is 73.8. The fourth-order valence-electron chi connectivity index (χ4n) is 2.73. The zero-order chi connectivity index (χ0) is 17.3. The van der Waals surface area contributed by atoms with Gasteiger partial charge >= 0.3 is 6.18 Å². The van der Waals surface area contributed by atoms with Crippen LogP contribution in [0.3, 0.4) is 0 Å². The van der Waals surface area contributed by atoms with Crippen molar-refractivity contribution in [1.29, 1.82) is 0 Å². The van der Waals surface area contributed by atoms with Crippen molar-refractivity contribution in [2.75, 3.05) is 31.2 Å². The molecule has 1 saturated heterocycles. The van der Waals surface area contributed by atoms with Crippen molar-refractivity contribution in [1.82, 2.24) is 0 Å². The highest BCUT2D eigenvalue weighted by Gasteiger charge is 2.41. The molecule has 0 amide bonds. The van der Waals surface area contributed by atoms with E-state index < -0.39 is 23.4 Å². The van der Waals surface area contributed by atoms with Gasteiger partial charge in [0.15, 0.2) is 5.82 Å². The van der Waals surface area contributed by atoms with Crippen molar-refractivity contribution in [3.8, 4) is 11.1 Å². The van der Waals surface area contributed by atoms with Crippen LogP contribution in [0.2, 0.25) is 0 Å². The molecule has 0 unspecified atom stereocenters. The Bertz CT molecular complexity index is 724. The van der Waals surface area contributed by atoms with E-state index in [-0.39, 0.29) is 43.1 Å². The maximum absolute atomic E-state index is 14.5.